The summed E-state index contributed by atoms with van der Waals surface area (Å²) in [6, 6.07) is 3.74. The number of sulfonamides is 1. The number of benzene rings is 1. The van der Waals surface area contributed by atoms with Gasteiger partial charge in [0, 0.05) is 35.1 Å². The Labute approximate surface area is 154 Å². The summed E-state index contributed by atoms with van der Waals surface area (Å²) < 4.78 is 27.1. The van der Waals surface area contributed by atoms with E-state index in [0.29, 0.717) is 10.9 Å². The van der Waals surface area contributed by atoms with Crippen LogP contribution in [-0.2, 0) is 10.0 Å². The number of aliphatic hydroxyl groups is 1. The summed E-state index contributed by atoms with van der Waals surface area (Å²) in [6.07, 6.45) is 1.20. The van der Waals surface area contributed by atoms with Crippen LogP contribution in [0.25, 0.3) is 21.8 Å². The second-order valence-corrected chi connectivity index (χ2v) is 8.24. The largest absolute Gasteiger partial charge is 0.478 e. The van der Waals surface area contributed by atoms with Gasteiger partial charge in [0.05, 0.1) is 17.1 Å². The molecule has 0 atom stereocenters. The van der Waals surface area contributed by atoms with Gasteiger partial charge in [-0.25, -0.2) is 13.2 Å². The van der Waals surface area contributed by atoms with Crippen molar-refractivity contribution in [2.45, 2.75) is 24.8 Å². The normalized spacial score (nSPS) is 12.5. The molecule has 0 aliphatic rings. The van der Waals surface area contributed by atoms with E-state index in [9.17, 15) is 28.2 Å². The van der Waals surface area contributed by atoms with Gasteiger partial charge in [-0.15, -0.1) is 0 Å². The Balaban J connectivity index is 2.33. The molecule has 3 rings (SSSR count). The summed E-state index contributed by atoms with van der Waals surface area (Å²) in [5, 5.41) is 19.0. The van der Waals surface area contributed by atoms with Gasteiger partial charge in [-0.1, -0.05) is 0 Å². The van der Waals surface area contributed by atoms with Crippen LogP contribution in [0.2, 0.25) is 0 Å². The summed E-state index contributed by atoms with van der Waals surface area (Å²) in [6.45, 7) is 2.99. The molecule has 9 nitrogen and oxygen atoms in total. The number of pyridine rings is 1. The first kappa shape index (κ1) is 19.1. The van der Waals surface area contributed by atoms with Crippen LogP contribution >= 0.6 is 0 Å². The predicted molar refractivity (Wildman–Crippen MR) is 99.5 cm³/mol. The number of carboxylic acids is 1. The molecule has 4 N–H and O–H groups in total. The van der Waals surface area contributed by atoms with Crippen molar-refractivity contribution in [1.82, 2.24) is 14.3 Å². The maximum atomic E-state index is 13.0. The second kappa shape index (κ2) is 6.80. The van der Waals surface area contributed by atoms with Gasteiger partial charge in [0.2, 0.25) is 10.0 Å². The van der Waals surface area contributed by atoms with Crippen LogP contribution in [0.5, 0.6) is 0 Å². The van der Waals surface area contributed by atoms with Gasteiger partial charge in [-0.3, -0.25) is 4.79 Å². The average Bonchev–Trinajstić information content (AvgIpc) is 3.05. The minimum absolute atomic E-state index is 0.0527. The maximum absolute atomic E-state index is 13.0. The highest BCUT2D eigenvalue weighted by Gasteiger charge is 2.27. The van der Waals surface area contributed by atoms with Crippen molar-refractivity contribution < 1.29 is 23.4 Å². The van der Waals surface area contributed by atoms with Crippen molar-refractivity contribution in [3.05, 3.63) is 40.3 Å². The molecule has 3 aromatic rings. The highest BCUT2D eigenvalue weighted by atomic mass is 32.2. The summed E-state index contributed by atoms with van der Waals surface area (Å²) in [4.78, 5) is 28.9. The minimum Gasteiger partial charge on any atom is -0.478 e. The zero-order valence-corrected chi connectivity index (χ0v) is 15.5. The van der Waals surface area contributed by atoms with Crippen molar-refractivity contribution >= 4 is 37.8 Å². The molecule has 2 heterocycles. The fourth-order valence-corrected chi connectivity index (χ4v) is 4.78. The Morgan fingerprint density at radius 2 is 2.00 bits per heavy atom. The number of H-pyrrole nitrogens is 2. The molecule has 0 unspecified atom stereocenters. The molecular weight excluding hydrogens is 374 g/mol. The van der Waals surface area contributed by atoms with Crippen LogP contribution in [0, 0.1) is 0 Å². The van der Waals surface area contributed by atoms with E-state index in [1.807, 2.05) is 0 Å². The smallest absolute Gasteiger partial charge is 0.337 e. The van der Waals surface area contributed by atoms with Crippen LogP contribution in [0.1, 0.15) is 24.2 Å². The lowest BCUT2D eigenvalue weighted by atomic mass is 10.1. The molecule has 0 radical (unpaired) electrons. The monoisotopic (exact) mass is 393 g/mol. The fraction of sp³-hybridized carbons (Fsp3) is 0.294. The van der Waals surface area contributed by atoms with Gasteiger partial charge in [-0.2, -0.15) is 4.31 Å². The number of aliphatic hydroxyl groups excluding tert-OH is 1. The Hall–Kier alpha value is -2.69. The lowest BCUT2D eigenvalue weighted by molar-refractivity contribution is 0.0699. The van der Waals surface area contributed by atoms with Gasteiger partial charge in [-0.05, 0) is 32.0 Å². The molecule has 10 heteroatoms. The van der Waals surface area contributed by atoms with Crippen LogP contribution in [0.4, 0.5) is 0 Å². The Morgan fingerprint density at radius 3 is 2.59 bits per heavy atom. The third-order valence-electron chi connectivity index (χ3n) is 4.35. The number of nitrogens with zero attached hydrogens (tertiary/aromatic N) is 1. The summed E-state index contributed by atoms with van der Waals surface area (Å²) in [5.74, 6) is -1.23. The molecule has 0 saturated heterocycles. The number of hydrogen-bond acceptors (Lipinski definition) is 5. The van der Waals surface area contributed by atoms with Crippen molar-refractivity contribution in [2.75, 3.05) is 13.2 Å². The maximum Gasteiger partial charge on any atom is 0.337 e. The SMILES string of the molecule is CC(C)N(CCO)S(=O)(=O)c1ccc2[nH]c(=O)c3[nH]cc(C(=O)O)c3c2c1. The van der Waals surface area contributed by atoms with E-state index in [0.717, 1.165) is 4.31 Å². The molecule has 144 valence electrons. The highest BCUT2D eigenvalue weighted by molar-refractivity contribution is 7.89. The summed E-state index contributed by atoms with van der Waals surface area (Å²) in [7, 11) is -3.93. The molecule has 0 aliphatic heterocycles. The molecular formula is C17H19N3O6S. The van der Waals surface area contributed by atoms with Crippen LogP contribution in [0.3, 0.4) is 0 Å². The Bertz CT molecular complexity index is 1190. The van der Waals surface area contributed by atoms with Gasteiger partial charge in [0.15, 0.2) is 0 Å². The molecule has 2 aromatic heterocycles. The van der Waals surface area contributed by atoms with Crippen LogP contribution in [-0.4, -0.2) is 58.1 Å². The number of rotatable bonds is 6. The molecule has 0 saturated carbocycles. The molecule has 0 amide bonds. The van der Waals surface area contributed by atoms with E-state index in [1.165, 1.54) is 24.4 Å². The van der Waals surface area contributed by atoms with E-state index in [4.69, 9.17) is 0 Å². The third kappa shape index (κ3) is 3.11. The quantitative estimate of drug-likeness (QED) is 0.494. The van der Waals surface area contributed by atoms with Crippen molar-refractivity contribution in [3.8, 4) is 0 Å². The first-order chi connectivity index (χ1) is 12.7. The number of aromatic nitrogens is 2. The first-order valence-corrected chi connectivity index (χ1v) is 9.65. The third-order valence-corrected chi connectivity index (χ3v) is 6.42. The van der Waals surface area contributed by atoms with E-state index in [1.54, 1.807) is 13.8 Å². The van der Waals surface area contributed by atoms with Crippen molar-refractivity contribution in [1.29, 1.82) is 0 Å². The van der Waals surface area contributed by atoms with Crippen molar-refractivity contribution in [3.63, 3.8) is 0 Å². The van der Waals surface area contributed by atoms with E-state index < -0.39 is 21.6 Å². The second-order valence-electron chi connectivity index (χ2n) is 6.35. The number of aromatic carboxylic acids is 1. The number of fused-ring (bicyclic) bond motifs is 3. The van der Waals surface area contributed by atoms with E-state index >= 15 is 0 Å². The van der Waals surface area contributed by atoms with Gasteiger partial charge < -0.3 is 20.2 Å². The molecule has 0 bridgehead atoms. The number of carbonyl (C=O) groups is 1. The standard InChI is InChI=1S/C17H19N3O6S/c1-9(2)20(5-6-21)27(25,26)10-3-4-13-11(7-10)14-12(17(23)24)8-18-15(14)16(22)19-13/h3-4,7-9,18,21H,5-6H2,1-2H3,(H,19,22)(H,23,24). The number of aromatic amines is 2. The fourth-order valence-electron chi connectivity index (χ4n) is 3.13. The first-order valence-electron chi connectivity index (χ1n) is 8.21. The molecule has 0 spiro atoms. The molecule has 0 fully saturated rings. The summed E-state index contributed by atoms with van der Waals surface area (Å²) >= 11 is 0. The molecule has 0 aliphatic carbocycles. The summed E-state index contributed by atoms with van der Waals surface area (Å²) in [5.41, 5.74) is -0.228. The van der Waals surface area contributed by atoms with E-state index in [2.05, 4.69) is 9.97 Å². The van der Waals surface area contributed by atoms with Crippen LogP contribution in [0.15, 0.2) is 34.1 Å². The minimum atomic E-state index is -3.93. The zero-order chi connectivity index (χ0) is 19.9. The van der Waals surface area contributed by atoms with Crippen LogP contribution < -0.4 is 5.56 Å². The number of hydrogen-bond donors (Lipinski definition) is 4. The Kier molecular flexibility index (Phi) is 4.81. The number of carboxylic acid groups (broad SMARTS) is 1. The van der Waals surface area contributed by atoms with Gasteiger partial charge in [0.25, 0.3) is 5.56 Å². The number of nitrogens with one attached hydrogen (secondary N) is 2. The molecule has 1 aromatic carbocycles. The lowest BCUT2D eigenvalue weighted by Gasteiger charge is -2.25. The topological polar surface area (TPSA) is 144 Å². The zero-order valence-electron chi connectivity index (χ0n) is 14.7. The molecule has 27 heavy (non-hydrogen) atoms. The highest BCUT2D eigenvalue weighted by Crippen LogP contribution is 2.28. The average molecular weight is 393 g/mol. The van der Waals surface area contributed by atoms with E-state index in [-0.39, 0.29) is 40.6 Å². The van der Waals surface area contributed by atoms with Gasteiger partial charge >= 0.3 is 5.97 Å². The Morgan fingerprint density at radius 1 is 1.30 bits per heavy atom. The lowest BCUT2D eigenvalue weighted by Crippen LogP contribution is -2.38. The predicted octanol–water partition coefficient (Wildman–Crippen LogP) is 1.10. The van der Waals surface area contributed by atoms with Crippen molar-refractivity contribution in [2.24, 2.45) is 0 Å². The van der Waals surface area contributed by atoms with Gasteiger partial charge in [0.1, 0.15) is 5.52 Å².